The van der Waals surface area contributed by atoms with E-state index in [0.717, 1.165) is 5.69 Å². The molecule has 0 bridgehead atoms. The molecule has 17 heavy (non-hydrogen) atoms. The van der Waals surface area contributed by atoms with Crippen LogP contribution in [0, 0.1) is 0 Å². The van der Waals surface area contributed by atoms with Crippen LogP contribution < -0.4 is 5.32 Å². The first-order valence-corrected chi connectivity index (χ1v) is 6.39. The number of carboxylic acids is 1. The second-order valence-electron chi connectivity index (χ2n) is 5.10. The standard InChI is InChI=1S/C14H17NO2/c16-14(17)9-6-7-11-10-4-2-1-3-5-12(10)15-13(11)8-9/h6-8,10,12,15H,1-5H2,(H,16,17). The Morgan fingerprint density at radius 1 is 1.24 bits per heavy atom. The Labute approximate surface area is 101 Å². The van der Waals surface area contributed by atoms with Crippen LogP contribution in [0.4, 0.5) is 5.69 Å². The van der Waals surface area contributed by atoms with E-state index in [0.29, 0.717) is 17.5 Å². The van der Waals surface area contributed by atoms with Gasteiger partial charge in [0.2, 0.25) is 0 Å². The summed E-state index contributed by atoms with van der Waals surface area (Å²) >= 11 is 0. The van der Waals surface area contributed by atoms with Crippen LogP contribution in [0.25, 0.3) is 0 Å². The van der Waals surface area contributed by atoms with E-state index in [9.17, 15) is 4.79 Å². The van der Waals surface area contributed by atoms with Gasteiger partial charge in [-0.2, -0.15) is 0 Å². The zero-order valence-electron chi connectivity index (χ0n) is 9.78. The largest absolute Gasteiger partial charge is 0.478 e. The number of rotatable bonds is 1. The first kappa shape index (κ1) is 10.6. The fraction of sp³-hybridized carbons (Fsp3) is 0.500. The van der Waals surface area contributed by atoms with Gasteiger partial charge in [-0.25, -0.2) is 4.79 Å². The van der Waals surface area contributed by atoms with E-state index in [4.69, 9.17) is 5.11 Å². The molecule has 0 amide bonds. The third-order valence-corrected chi connectivity index (χ3v) is 4.06. The highest BCUT2D eigenvalue weighted by Gasteiger charge is 2.32. The summed E-state index contributed by atoms with van der Waals surface area (Å²) in [7, 11) is 0. The molecule has 3 nitrogen and oxygen atoms in total. The lowest BCUT2D eigenvalue weighted by Gasteiger charge is -2.16. The second kappa shape index (κ2) is 4.06. The minimum atomic E-state index is -0.846. The summed E-state index contributed by atoms with van der Waals surface area (Å²) in [6.45, 7) is 0. The molecule has 1 heterocycles. The Kier molecular flexibility index (Phi) is 2.54. The quantitative estimate of drug-likeness (QED) is 0.780. The van der Waals surface area contributed by atoms with Crippen LogP contribution in [0.1, 0.15) is 53.9 Å². The van der Waals surface area contributed by atoms with Gasteiger partial charge in [0.25, 0.3) is 0 Å². The maximum absolute atomic E-state index is 10.9. The predicted molar refractivity (Wildman–Crippen MR) is 66.6 cm³/mol. The number of aromatic carboxylic acids is 1. The van der Waals surface area contributed by atoms with E-state index in [2.05, 4.69) is 5.32 Å². The molecule has 2 atom stereocenters. The zero-order valence-corrected chi connectivity index (χ0v) is 9.78. The summed E-state index contributed by atoms with van der Waals surface area (Å²) in [6.07, 6.45) is 6.35. The summed E-state index contributed by atoms with van der Waals surface area (Å²) < 4.78 is 0. The molecule has 3 rings (SSSR count). The maximum Gasteiger partial charge on any atom is 0.335 e. The number of hydrogen-bond donors (Lipinski definition) is 2. The molecule has 90 valence electrons. The van der Waals surface area contributed by atoms with Crippen molar-refractivity contribution in [2.24, 2.45) is 0 Å². The molecule has 1 aromatic rings. The summed E-state index contributed by atoms with van der Waals surface area (Å²) in [4.78, 5) is 10.9. The molecule has 0 spiro atoms. The Bertz CT molecular complexity index is 456. The Morgan fingerprint density at radius 2 is 2.06 bits per heavy atom. The van der Waals surface area contributed by atoms with Crippen molar-refractivity contribution in [3.8, 4) is 0 Å². The number of carboxylic acid groups (broad SMARTS) is 1. The van der Waals surface area contributed by atoms with Gasteiger partial charge in [0.05, 0.1) is 5.56 Å². The van der Waals surface area contributed by atoms with Crippen LogP contribution in [0.3, 0.4) is 0 Å². The van der Waals surface area contributed by atoms with Crippen LogP contribution >= 0.6 is 0 Å². The lowest BCUT2D eigenvalue weighted by Crippen LogP contribution is -2.18. The van der Waals surface area contributed by atoms with Crippen LogP contribution in [-0.4, -0.2) is 17.1 Å². The fourth-order valence-electron chi connectivity index (χ4n) is 3.19. The van der Waals surface area contributed by atoms with Gasteiger partial charge >= 0.3 is 5.97 Å². The van der Waals surface area contributed by atoms with Gasteiger partial charge in [-0.15, -0.1) is 0 Å². The monoisotopic (exact) mass is 231 g/mol. The highest BCUT2D eigenvalue weighted by Crippen LogP contribution is 2.43. The summed E-state index contributed by atoms with van der Waals surface area (Å²) in [6, 6.07) is 6.04. The maximum atomic E-state index is 10.9. The molecule has 1 saturated carbocycles. The predicted octanol–water partition coefficient (Wildman–Crippen LogP) is 3.23. The molecule has 0 radical (unpaired) electrons. The van der Waals surface area contributed by atoms with Crippen molar-refractivity contribution in [1.29, 1.82) is 0 Å². The lowest BCUT2D eigenvalue weighted by molar-refractivity contribution is 0.0697. The van der Waals surface area contributed by atoms with E-state index in [1.807, 2.05) is 6.07 Å². The number of hydrogen-bond acceptors (Lipinski definition) is 2. The van der Waals surface area contributed by atoms with Crippen molar-refractivity contribution < 1.29 is 9.90 Å². The van der Waals surface area contributed by atoms with Gasteiger partial charge in [0, 0.05) is 17.6 Å². The van der Waals surface area contributed by atoms with Gasteiger partial charge in [0.1, 0.15) is 0 Å². The van der Waals surface area contributed by atoms with Crippen LogP contribution in [0.15, 0.2) is 18.2 Å². The van der Waals surface area contributed by atoms with Gasteiger partial charge in [0.15, 0.2) is 0 Å². The Balaban J connectivity index is 1.95. The van der Waals surface area contributed by atoms with Crippen LogP contribution in [0.2, 0.25) is 0 Å². The molecule has 2 N–H and O–H groups in total. The average Bonchev–Trinajstić information content (AvgIpc) is 2.50. The van der Waals surface area contributed by atoms with Gasteiger partial charge < -0.3 is 10.4 Å². The minimum absolute atomic E-state index is 0.382. The second-order valence-corrected chi connectivity index (χ2v) is 5.10. The van der Waals surface area contributed by atoms with Crippen molar-refractivity contribution in [1.82, 2.24) is 0 Å². The van der Waals surface area contributed by atoms with Crippen molar-refractivity contribution in [2.75, 3.05) is 5.32 Å². The molecule has 1 fully saturated rings. The first-order chi connectivity index (χ1) is 8.25. The fourth-order valence-corrected chi connectivity index (χ4v) is 3.19. The molecule has 3 heteroatoms. The number of fused-ring (bicyclic) bond motifs is 3. The highest BCUT2D eigenvalue weighted by molar-refractivity contribution is 5.89. The van der Waals surface area contributed by atoms with E-state index in [1.54, 1.807) is 12.1 Å². The normalized spacial score (nSPS) is 26.6. The third kappa shape index (κ3) is 1.79. The highest BCUT2D eigenvalue weighted by atomic mass is 16.4. The summed E-state index contributed by atoms with van der Waals surface area (Å²) in [5.41, 5.74) is 2.75. The van der Waals surface area contributed by atoms with Crippen molar-refractivity contribution in [2.45, 2.75) is 44.1 Å². The van der Waals surface area contributed by atoms with Crippen molar-refractivity contribution >= 4 is 11.7 Å². The van der Waals surface area contributed by atoms with E-state index in [1.165, 1.54) is 37.7 Å². The molecule has 1 aliphatic carbocycles. The summed E-state index contributed by atoms with van der Waals surface area (Å²) in [5.74, 6) is -0.253. The Morgan fingerprint density at radius 3 is 2.88 bits per heavy atom. The topological polar surface area (TPSA) is 49.3 Å². The molecular formula is C14H17NO2. The minimum Gasteiger partial charge on any atom is -0.478 e. The van der Waals surface area contributed by atoms with E-state index >= 15 is 0 Å². The molecule has 1 aromatic carbocycles. The van der Waals surface area contributed by atoms with E-state index in [-0.39, 0.29) is 0 Å². The smallest absolute Gasteiger partial charge is 0.335 e. The third-order valence-electron chi connectivity index (χ3n) is 4.06. The molecular weight excluding hydrogens is 214 g/mol. The molecule has 0 aromatic heterocycles. The van der Waals surface area contributed by atoms with E-state index < -0.39 is 5.97 Å². The van der Waals surface area contributed by atoms with Gasteiger partial charge in [-0.1, -0.05) is 25.3 Å². The lowest BCUT2D eigenvalue weighted by atomic mass is 9.91. The van der Waals surface area contributed by atoms with Crippen LogP contribution in [-0.2, 0) is 0 Å². The van der Waals surface area contributed by atoms with Crippen LogP contribution in [0.5, 0.6) is 0 Å². The number of benzene rings is 1. The molecule has 1 aliphatic heterocycles. The SMILES string of the molecule is O=C(O)c1ccc2c(c1)NC1CCCCCC21. The van der Waals surface area contributed by atoms with Gasteiger partial charge in [-0.05, 0) is 30.5 Å². The molecule has 2 unspecified atom stereocenters. The van der Waals surface area contributed by atoms with Crippen molar-refractivity contribution in [3.05, 3.63) is 29.3 Å². The number of nitrogens with one attached hydrogen (secondary N) is 1. The Hall–Kier alpha value is -1.51. The number of anilines is 1. The summed E-state index contributed by atoms with van der Waals surface area (Å²) in [5, 5.41) is 12.5. The zero-order chi connectivity index (χ0) is 11.8. The molecule has 2 aliphatic rings. The number of carbonyl (C=O) groups is 1. The average molecular weight is 231 g/mol. The van der Waals surface area contributed by atoms with Crippen molar-refractivity contribution in [3.63, 3.8) is 0 Å². The molecule has 0 saturated heterocycles. The van der Waals surface area contributed by atoms with Gasteiger partial charge in [-0.3, -0.25) is 0 Å². The first-order valence-electron chi connectivity index (χ1n) is 6.39.